The quantitative estimate of drug-likeness (QED) is 0.147. The average Bonchev–Trinajstić information content (AvgIpc) is 4.09. The maximum atomic E-state index is 2.54. The fraction of sp³-hybridized carbons (Fsp3) is 0.0833. The van der Waals surface area contributed by atoms with E-state index in [1.807, 2.05) is 0 Å². The van der Waals surface area contributed by atoms with Crippen LogP contribution in [-0.4, -0.2) is 4.57 Å². The number of anilines is 3. The van der Waals surface area contributed by atoms with Gasteiger partial charge in [0.15, 0.2) is 0 Å². The second-order valence-corrected chi connectivity index (χ2v) is 21.0. The third kappa shape index (κ3) is 6.51. The first-order valence-electron chi connectivity index (χ1n) is 26.0. The van der Waals surface area contributed by atoms with Crippen molar-refractivity contribution in [1.82, 2.24) is 4.57 Å². The van der Waals surface area contributed by atoms with Crippen LogP contribution in [0.5, 0.6) is 0 Å². The van der Waals surface area contributed by atoms with Crippen molar-refractivity contribution in [3.05, 3.63) is 299 Å². The minimum absolute atomic E-state index is 0.193. The molecule has 0 N–H and O–H groups in total. The molecular weight excluding hydrogens is 893 g/mol. The first-order valence-corrected chi connectivity index (χ1v) is 26.0. The Morgan fingerprint density at radius 1 is 0.351 bits per heavy atom. The van der Waals surface area contributed by atoms with Gasteiger partial charge < -0.3 is 9.47 Å². The van der Waals surface area contributed by atoms with E-state index in [9.17, 15) is 0 Å². The summed E-state index contributed by atoms with van der Waals surface area (Å²) in [5, 5.41) is 2.50. The first-order chi connectivity index (χ1) is 36.3. The lowest BCUT2D eigenvalue weighted by Gasteiger charge is -2.35. The number of hydrogen-bond acceptors (Lipinski definition) is 1. The van der Waals surface area contributed by atoms with Crippen molar-refractivity contribution in [3.63, 3.8) is 0 Å². The third-order valence-corrected chi connectivity index (χ3v) is 16.4. The molecule has 0 fully saturated rings. The van der Waals surface area contributed by atoms with Gasteiger partial charge in [0.1, 0.15) is 0 Å². The molecule has 2 aliphatic carbocycles. The van der Waals surface area contributed by atoms with Gasteiger partial charge in [-0.1, -0.05) is 225 Å². The Morgan fingerprint density at radius 3 is 1.53 bits per heavy atom. The average molecular weight is 947 g/mol. The van der Waals surface area contributed by atoms with Gasteiger partial charge in [0, 0.05) is 38.7 Å². The highest BCUT2D eigenvalue weighted by Gasteiger charge is 2.48. The van der Waals surface area contributed by atoms with Crippen molar-refractivity contribution in [2.24, 2.45) is 0 Å². The van der Waals surface area contributed by atoms with Crippen LogP contribution < -0.4 is 4.90 Å². The number of nitrogens with zero attached hydrogens (tertiary/aromatic N) is 2. The van der Waals surface area contributed by atoms with E-state index in [1.165, 1.54) is 105 Å². The van der Waals surface area contributed by atoms with E-state index in [0.717, 1.165) is 28.2 Å². The van der Waals surface area contributed by atoms with E-state index in [4.69, 9.17) is 0 Å². The highest BCUT2D eigenvalue weighted by atomic mass is 15.1. The SMILES string of the molecule is Cc1ccc(C2(c3ccc(C)cc3)c3cc(N(c4ccc5c(c4)C(C)(C)c4ccccc4-5)c4ccc(-c5ccccc5)cc4-c4ccccc4)ccc3-c3c(-n4c5ccccc5c5ccccc54)cccc32)cc1. The molecule has 2 nitrogen and oxygen atoms in total. The predicted molar refractivity (Wildman–Crippen MR) is 311 cm³/mol. The molecule has 0 radical (unpaired) electrons. The monoisotopic (exact) mass is 946 g/mol. The Kier molecular flexibility index (Phi) is 9.94. The number of aromatic nitrogens is 1. The number of para-hydroxylation sites is 2. The maximum Gasteiger partial charge on any atom is 0.0715 e. The Balaban J connectivity index is 1.09. The zero-order valence-corrected chi connectivity index (χ0v) is 42.1. The molecule has 1 heterocycles. The molecule has 0 spiro atoms. The molecule has 74 heavy (non-hydrogen) atoms. The minimum atomic E-state index is -0.677. The Hall–Kier alpha value is -8.98. The summed E-state index contributed by atoms with van der Waals surface area (Å²) in [6.45, 7) is 9.15. The molecular formula is C72H54N2. The molecule has 0 saturated carbocycles. The van der Waals surface area contributed by atoms with Crippen molar-refractivity contribution in [1.29, 1.82) is 0 Å². The largest absolute Gasteiger partial charge is 0.310 e. The summed E-state index contributed by atoms with van der Waals surface area (Å²) in [7, 11) is 0. The molecule has 0 atom stereocenters. The van der Waals surface area contributed by atoms with Gasteiger partial charge in [-0.25, -0.2) is 0 Å². The van der Waals surface area contributed by atoms with Crippen LogP contribution in [0.3, 0.4) is 0 Å². The van der Waals surface area contributed by atoms with Crippen molar-refractivity contribution < 1.29 is 0 Å². The van der Waals surface area contributed by atoms with Crippen molar-refractivity contribution in [2.75, 3.05) is 4.90 Å². The zero-order valence-electron chi connectivity index (χ0n) is 42.1. The van der Waals surface area contributed by atoms with E-state index >= 15 is 0 Å². The molecule has 352 valence electrons. The van der Waals surface area contributed by atoms with E-state index in [1.54, 1.807) is 0 Å². The molecule has 0 bridgehead atoms. The number of aryl methyl sites for hydroxylation is 2. The smallest absolute Gasteiger partial charge is 0.0715 e. The summed E-state index contributed by atoms with van der Waals surface area (Å²) >= 11 is 0. The third-order valence-electron chi connectivity index (χ3n) is 16.4. The van der Waals surface area contributed by atoms with E-state index in [-0.39, 0.29) is 5.41 Å². The normalized spacial score (nSPS) is 13.6. The van der Waals surface area contributed by atoms with Gasteiger partial charge >= 0.3 is 0 Å². The molecule has 0 unspecified atom stereocenters. The fourth-order valence-corrected chi connectivity index (χ4v) is 12.9. The lowest BCUT2D eigenvalue weighted by Crippen LogP contribution is -2.29. The van der Waals surface area contributed by atoms with Crippen LogP contribution in [-0.2, 0) is 10.8 Å². The molecule has 11 aromatic carbocycles. The van der Waals surface area contributed by atoms with Crippen molar-refractivity contribution in [2.45, 2.75) is 38.5 Å². The Morgan fingerprint density at radius 2 is 0.878 bits per heavy atom. The van der Waals surface area contributed by atoms with Gasteiger partial charge in [-0.05, 0) is 135 Å². The van der Waals surface area contributed by atoms with Crippen LogP contribution in [0.1, 0.15) is 58.4 Å². The molecule has 0 saturated heterocycles. The summed E-state index contributed by atoms with van der Waals surface area (Å²) in [6.07, 6.45) is 0. The summed E-state index contributed by atoms with van der Waals surface area (Å²) in [4.78, 5) is 2.54. The van der Waals surface area contributed by atoms with Crippen LogP contribution in [0, 0.1) is 13.8 Å². The standard InChI is InChI=1S/C72H54N2/c1-47-30-35-52(36-31-47)72(53-37-32-48(2)33-38-53)63-26-17-29-69(74-66-27-15-12-23-58(66)59-24-13-16-28-67(59)74)70(63)60-42-40-55(46-65(60)72)73(54-39-41-57-56-22-11-14-25-62(56)71(3,4)64(57)45-54)68-43-34-51(49-18-7-5-8-19-49)44-61(68)50-20-9-6-10-21-50/h5-46H,1-4H3. The highest BCUT2D eigenvalue weighted by Crippen LogP contribution is 2.60. The van der Waals surface area contributed by atoms with Crippen LogP contribution in [0.15, 0.2) is 255 Å². The summed E-state index contributed by atoms with van der Waals surface area (Å²) < 4.78 is 2.51. The molecule has 1 aromatic heterocycles. The number of benzene rings is 11. The lowest BCUT2D eigenvalue weighted by atomic mass is 9.67. The first kappa shape index (κ1) is 43.8. The van der Waals surface area contributed by atoms with Gasteiger partial charge in [0.25, 0.3) is 0 Å². The summed E-state index contributed by atoms with van der Waals surface area (Å²) in [5.41, 5.74) is 26.0. The van der Waals surface area contributed by atoms with Gasteiger partial charge in [-0.3, -0.25) is 0 Å². The molecule has 0 amide bonds. The van der Waals surface area contributed by atoms with Crippen LogP contribution >= 0.6 is 0 Å². The molecule has 14 rings (SSSR count). The highest BCUT2D eigenvalue weighted by molar-refractivity contribution is 6.10. The topological polar surface area (TPSA) is 8.17 Å². The van der Waals surface area contributed by atoms with Gasteiger partial charge in [-0.2, -0.15) is 0 Å². The zero-order chi connectivity index (χ0) is 49.7. The second kappa shape index (κ2) is 16.8. The maximum absolute atomic E-state index is 2.54. The van der Waals surface area contributed by atoms with Crippen molar-refractivity contribution in [3.8, 4) is 50.2 Å². The van der Waals surface area contributed by atoms with Crippen LogP contribution in [0.25, 0.3) is 72.0 Å². The van der Waals surface area contributed by atoms with Gasteiger partial charge in [-0.15, -0.1) is 0 Å². The summed E-state index contributed by atoms with van der Waals surface area (Å²) in [6, 6.07) is 95.8. The second-order valence-electron chi connectivity index (χ2n) is 21.0. The molecule has 2 aliphatic rings. The molecule has 12 aromatic rings. The summed E-state index contributed by atoms with van der Waals surface area (Å²) in [5.74, 6) is 0. The fourth-order valence-electron chi connectivity index (χ4n) is 12.9. The number of hydrogen-bond donors (Lipinski definition) is 0. The number of fused-ring (bicyclic) bond motifs is 9. The van der Waals surface area contributed by atoms with Crippen molar-refractivity contribution >= 4 is 38.9 Å². The molecule has 0 aliphatic heterocycles. The van der Waals surface area contributed by atoms with E-state index < -0.39 is 5.41 Å². The van der Waals surface area contributed by atoms with Crippen LogP contribution in [0.4, 0.5) is 17.1 Å². The Bertz CT molecular complexity index is 4060. The molecule has 2 heteroatoms. The van der Waals surface area contributed by atoms with Gasteiger partial charge in [0.2, 0.25) is 0 Å². The van der Waals surface area contributed by atoms with E-state index in [2.05, 4.69) is 292 Å². The Labute approximate surface area is 434 Å². The van der Waals surface area contributed by atoms with E-state index in [0.29, 0.717) is 0 Å². The van der Waals surface area contributed by atoms with Crippen LogP contribution in [0.2, 0.25) is 0 Å². The van der Waals surface area contributed by atoms with Gasteiger partial charge in [0.05, 0.1) is 27.8 Å². The number of rotatable bonds is 8. The lowest BCUT2D eigenvalue weighted by molar-refractivity contribution is 0.660. The predicted octanol–water partition coefficient (Wildman–Crippen LogP) is 18.9. The minimum Gasteiger partial charge on any atom is -0.310 e.